The molecule has 1 heterocycles. The van der Waals surface area contributed by atoms with Gasteiger partial charge in [-0.3, -0.25) is 0 Å². The summed E-state index contributed by atoms with van der Waals surface area (Å²) >= 11 is 1.75. The highest BCUT2D eigenvalue weighted by Gasteiger charge is 2.03. The molecule has 0 unspecified atom stereocenters. The molecule has 0 amide bonds. The van der Waals surface area contributed by atoms with Crippen LogP contribution in [0.1, 0.15) is 5.01 Å². The van der Waals surface area contributed by atoms with Gasteiger partial charge in [0.15, 0.2) is 0 Å². The standard InChI is InChI=1S/C15H14N2S/c1-10-17-14-8-5-12(9-15(14)18-10)11-3-6-13(16-2)7-4-11/h3-9,16H,1-2H3. The SMILES string of the molecule is CNc1ccc(-c2ccc3nc(C)sc3c2)cc1. The van der Waals surface area contributed by atoms with Gasteiger partial charge in [-0.25, -0.2) is 4.98 Å². The first-order valence-corrected chi connectivity index (χ1v) is 6.73. The lowest BCUT2D eigenvalue weighted by Gasteiger charge is -2.04. The number of anilines is 1. The zero-order chi connectivity index (χ0) is 12.5. The van der Waals surface area contributed by atoms with E-state index in [9.17, 15) is 0 Å². The van der Waals surface area contributed by atoms with Gasteiger partial charge in [-0.15, -0.1) is 11.3 Å². The normalized spacial score (nSPS) is 10.8. The monoisotopic (exact) mass is 254 g/mol. The molecule has 3 aromatic rings. The van der Waals surface area contributed by atoms with Crippen molar-refractivity contribution in [2.24, 2.45) is 0 Å². The molecule has 0 aliphatic carbocycles. The highest BCUT2D eigenvalue weighted by atomic mass is 32.1. The molecule has 3 rings (SSSR count). The zero-order valence-electron chi connectivity index (χ0n) is 10.4. The molecule has 90 valence electrons. The maximum absolute atomic E-state index is 4.48. The highest BCUT2D eigenvalue weighted by Crippen LogP contribution is 2.28. The Balaban J connectivity index is 2.06. The van der Waals surface area contributed by atoms with Crippen LogP contribution in [0.5, 0.6) is 0 Å². The maximum Gasteiger partial charge on any atom is 0.0907 e. The number of nitrogens with zero attached hydrogens (tertiary/aromatic N) is 1. The molecular formula is C15H14N2S. The van der Waals surface area contributed by atoms with Crippen LogP contribution >= 0.6 is 11.3 Å². The van der Waals surface area contributed by atoms with Gasteiger partial charge in [0.05, 0.1) is 15.2 Å². The Morgan fingerprint density at radius 1 is 1.00 bits per heavy atom. The molecule has 1 N–H and O–H groups in total. The Bertz CT molecular complexity index is 683. The van der Waals surface area contributed by atoms with Crippen LogP contribution in [0.15, 0.2) is 42.5 Å². The minimum Gasteiger partial charge on any atom is -0.388 e. The first kappa shape index (κ1) is 11.2. The third kappa shape index (κ3) is 1.97. The fourth-order valence-electron chi connectivity index (χ4n) is 2.05. The molecule has 2 aromatic carbocycles. The fraction of sp³-hybridized carbons (Fsp3) is 0.133. The Hall–Kier alpha value is -1.87. The second kappa shape index (κ2) is 4.42. The maximum atomic E-state index is 4.48. The van der Waals surface area contributed by atoms with Crippen molar-refractivity contribution in [1.82, 2.24) is 4.98 Å². The van der Waals surface area contributed by atoms with Gasteiger partial charge >= 0.3 is 0 Å². The van der Waals surface area contributed by atoms with Gasteiger partial charge in [0.2, 0.25) is 0 Å². The van der Waals surface area contributed by atoms with Crippen LogP contribution in [0, 0.1) is 6.92 Å². The number of fused-ring (bicyclic) bond motifs is 1. The molecule has 0 aliphatic heterocycles. The summed E-state index contributed by atoms with van der Waals surface area (Å²) in [6, 6.07) is 14.9. The van der Waals surface area contributed by atoms with Gasteiger partial charge < -0.3 is 5.32 Å². The minimum atomic E-state index is 1.09. The second-order valence-electron chi connectivity index (χ2n) is 4.24. The summed E-state index contributed by atoms with van der Waals surface area (Å²) in [6.07, 6.45) is 0. The molecule has 0 fully saturated rings. The van der Waals surface area contributed by atoms with E-state index >= 15 is 0 Å². The Morgan fingerprint density at radius 3 is 2.44 bits per heavy atom. The first-order valence-electron chi connectivity index (χ1n) is 5.91. The lowest BCUT2D eigenvalue weighted by atomic mass is 10.1. The van der Waals surface area contributed by atoms with E-state index in [1.54, 1.807) is 11.3 Å². The Morgan fingerprint density at radius 2 is 1.72 bits per heavy atom. The van der Waals surface area contributed by atoms with E-state index in [0.717, 1.165) is 16.2 Å². The largest absolute Gasteiger partial charge is 0.388 e. The lowest BCUT2D eigenvalue weighted by molar-refractivity contribution is 1.35. The minimum absolute atomic E-state index is 1.09. The molecule has 18 heavy (non-hydrogen) atoms. The number of aromatic nitrogens is 1. The van der Waals surface area contributed by atoms with Gasteiger partial charge in [0, 0.05) is 12.7 Å². The molecule has 0 spiro atoms. The summed E-state index contributed by atoms with van der Waals surface area (Å²) in [5, 5.41) is 4.25. The van der Waals surface area contributed by atoms with Crippen LogP contribution in [0.2, 0.25) is 0 Å². The number of thiazole rings is 1. The number of hydrogen-bond acceptors (Lipinski definition) is 3. The molecule has 0 atom stereocenters. The van der Waals surface area contributed by atoms with Crippen LogP contribution in [0.4, 0.5) is 5.69 Å². The van der Waals surface area contributed by atoms with Crippen molar-refractivity contribution in [3.8, 4) is 11.1 Å². The molecule has 0 saturated carbocycles. The van der Waals surface area contributed by atoms with Crippen molar-refractivity contribution in [3.05, 3.63) is 47.5 Å². The van der Waals surface area contributed by atoms with Crippen LogP contribution in [-0.2, 0) is 0 Å². The molecule has 0 saturated heterocycles. The molecule has 0 aliphatic rings. The van der Waals surface area contributed by atoms with Gasteiger partial charge in [0.1, 0.15) is 0 Å². The topological polar surface area (TPSA) is 24.9 Å². The lowest BCUT2D eigenvalue weighted by Crippen LogP contribution is -1.86. The van der Waals surface area contributed by atoms with Gasteiger partial charge in [-0.2, -0.15) is 0 Å². The number of rotatable bonds is 2. The first-order chi connectivity index (χ1) is 8.76. The van der Waals surface area contributed by atoms with Gasteiger partial charge in [0.25, 0.3) is 0 Å². The van der Waals surface area contributed by atoms with Crippen LogP contribution in [0.3, 0.4) is 0 Å². The van der Waals surface area contributed by atoms with Crippen molar-refractivity contribution in [1.29, 1.82) is 0 Å². The average molecular weight is 254 g/mol. The van der Waals surface area contributed by atoms with E-state index < -0.39 is 0 Å². The summed E-state index contributed by atoms with van der Waals surface area (Å²) in [7, 11) is 1.93. The van der Waals surface area contributed by atoms with E-state index in [4.69, 9.17) is 0 Å². The summed E-state index contributed by atoms with van der Waals surface area (Å²) < 4.78 is 1.25. The molecule has 3 heteroatoms. The molecule has 0 radical (unpaired) electrons. The molecule has 2 nitrogen and oxygen atoms in total. The van der Waals surface area contributed by atoms with Crippen molar-refractivity contribution < 1.29 is 0 Å². The van der Waals surface area contributed by atoms with Crippen molar-refractivity contribution in [2.75, 3.05) is 12.4 Å². The predicted molar refractivity (Wildman–Crippen MR) is 79.3 cm³/mol. The summed E-state index contributed by atoms with van der Waals surface area (Å²) in [5.74, 6) is 0. The molecular weight excluding hydrogens is 240 g/mol. The summed E-state index contributed by atoms with van der Waals surface area (Å²) in [5.41, 5.74) is 4.71. The molecule has 0 bridgehead atoms. The summed E-state index contributed by atoms with van der Waals surface area (Å²) in [6.45, 7) is 2.05. The van der Waals surface area contributed by atoms with Crippen molar-refractivity contribution in [2.45, 2.75) is 6.92 Å². The zero-order valence-corrected chi connectivity index (χ0v) is 11.2. The molecule has 1 aromatic heterocycles. The summed E-state index contributed by atoms with van der Waals surface area (Å²) in [4.78, 5) is 4.48. The predicted octanol–water partition coefficient (Wildman–Crippen LogP) is 4.31. The average Bonchev–Trinajstić information content (AvgIpc) is 2.78. The van der Waals surface area contributed by atoms with Gasteiger partial charge in [-0.05, 0) is 42.3 Å². The van der Waals surface area contributed by atoms with Crippen molar-refractivity contribution in [3.63, 3.8) is 0 Å². The van der Waals surface area contributed by atoms with Crippen LogP contribution in [-0.4, -0.2) is 12.0 Å². The smallest absolute Gasteiger partial charge is 0.0907 e. The number of nitrogens with one attached hydrogen (secondary N) is 1. The van der Waals surface area contributed by atoms with Crippen LogP contribution in [0.25, 0.3) is 21.3 Å². The second-order valence-corrected chi connectivity index (χ2v) is 5.48. The van der Waals surface area contributed by atoms with Crippen LogP contribution < -0.4 is 5.32 Å². The van der Waals surface area contributed by atoms with Gasteiger partial charge in [-0.1, -0.05) is 18.2 Å². The number of hydrogen-bond donors (Lipinski definition) is 1. The van der Waals surface area contributed by atoms with E-state index in [1.165, 1.54) is 15.8 Å². The van der Waals surface area contributed by atoms with E-state index in [2.05, 4.69) is 52.8 Å². The quantitative estimate of drug-likeness (QED) is 0.737. The number of aryl methyl sites for hydroxylation is 1. The third-order valence-electron chi connectivity index (χ3n) is 3.00. The fourth-order valence-corrected chi connectivity index (χ4v) is 2.92. The van der Waals surface area contributed by atoms with E-state index in [-0.39, 0.29) is 0 Å². The Labute approximate surface area is 110 Å². The van der Waals surface area contributed by atoms with E-state index in [1.807, 2.05) is 14.0 Å². The third-order valence-corrected chi connectivity index (χ3v) is 3.94. The van der Waals surface area contributed by atoms with E-state index in [0.29, 0.717) is 0 Å². The highest BCUT2D eigenvalue weighted by molar-refractivity contribution is 7.18. The van der Waals surface area contributed by atoms with Crippen molar-refractivity contribution >= 4 is 27.2 Å². The Kier molecular flexibility index (Phi) is 2.76. The number of benzene rings is 2.